The first-order valence-electron chi connectivity index (χ1n) is 5.39. The number of benzene rings is 1. The second-order valence-electron chi connectivity index (χ2n) is 3.99. The van der Waals surface area contributed by atoms with Gasteiger partial charge in [0.15, 0.2) is 0 Å². The third kappa shape index (κ3) is 1.66. The summed E-state index contributed by atoms with van der Waals surface area (Å²) >= 11 is 1.65. The van der Waals surface area contributed by atoms with E-state index in [-0.39, 0.29) is 0 Å². The molecule has 86 valence electrons. The molecule has 17 heavy (non-hydrogen) atoms. The number of nitrogens with zero attached hydrogens (tertiary/aromatic N) is 2. The molecular formula is C13H12N2OS. The summed E-state index contributed by atoms with van der Waals surface area (Å²) in [5.41, 5.74) is 0.930. The molecule has 3 rings (SSSR count). The van der Waals surface area contributed by atoms with Gasteiger partial charge in [-0.25, -0.2) is 4.98 Å². The topological polar surface area (TPSA) is 38.0 Å². The number of hydrogen-bond acceptors (Lipinski definition) is 3. The molecule has 0 aliphatic rings. The van der Waals surface area contributed by atoms with Gasteiger partial charge in [-0.05, 0) is 16.8 Å². The fourth-order valence-corrected chi connectivity index (χ4v) is 2.97. The van der Waals surface area contributed by atoms with Gasteiger partial charge in [0.2, 0.25) is 0 Å². The molecule has 3 nitrogen and oxygen atoms in total. The zero-order chi connectivity index (χ0) is 11.8. The van der Waals surface area contributed by atoms with Gasteiger partial charge in [-0.15, -0.1) is 11.3 Å². The lowest BCUT2D eigenvalue weighted by atomic mass is 10.1. The van der Waals surface area contributed by atoms with E-state index in [1.54, 1.807) is 17.5 Å². The second kappa shape index (κ2) is 3.98. The summed E-state index contributed by atoms with van der Waals surface area (Å²) in [5, 5.41) is 13.5. The summed E-state index contributed by atoms with van der Waals surface area (Å²) in [6, 6.07) is 8.10. The Hall–Kier alpha value is -1.65. The first-order chi connectivity index (χ1) is 8.27. The van der Waals surface area contributed by atoms with Crippen LogP contribution >= 0.6 is 11.3 Å². The molecule has 0 aliphatic carbocycles. The molecule has 0 saturated carbocycles. The maximum Gasteiger partial charge on any atom is 0.142 e. The van der Waals surface area contributed by atoms with Gasteiger partial charge in [0, 0.05) is 29.7 Å². The van der Waals surface area contributed by atoms with Crippen molar-refractivity contribution in [3.05, 3.63) is 53.4 Å². The van der Waals surface area contributed by atoms with Crippen molar-refractivity contribution in [1.29, 1.82) is 0 Å². The first kappa shape index (κ1) is 10.5. The van der Waals surface area contributed by atoms with Gasteiger partial charge < -0.3 is 9.67 Å². The van der Waals surface area contributed by atoms with Crippen LogP contribution in [0.15, 0.2) is 42.0 Å². The molecular weight excluding hydrogens is 232 g/mol. The SMILES string of the molecule is Cn1ccnc1C(O)c1csc2ccccc12. The van der Waals surface area contributed by atoms with Crippen LogP contribution < -0.4 is 0 Å². The lowest BCUT2D eigenvalue weighted by Gasteiger charge is -2.09. The van der Waals surface area contributed by atoms with Crippen molar-refractivity contribution in [3.63, 3.8) is 0 Å². The van der Waals surface area contributed by atoms with E-state index in [1.807, 2.05) is 41.4 Å². The lowest BCUT2D eigenvalue weighted by molar-refractivity contribution is 0.208. The molecule has 0 saturated heterocycles. The van der Waals surface area contributed by atoms with Gasteiger partial charge in [-0.2, -0.15) is 0 Å². The first-order valence-corrected chi connectivity index (χ1v) is 6.27. The van der Waals surface area contributed by atoms with Crippen molar-refractivity contribution in [2.24, 2.45) is 7.05 Å². The number of thiophene rings is 1. The van der Waals surface area contributed by atoms with Gasteiger partial charge in [-0.3, -0.25) is 0 Å². The zero-order valence-electron chi connectivity index (χ0n) is 9.37. The van der Waals surface area contributed by atoms with Crippen molar-refractivity contribution in [3.8, 4) is 0 Å². The van der Waals surface area contributed by atoms with Crippen LogP contribution in [0.2, 0.25) is 0 Å². The van der Waals surface area contributed by atoms with Crippen molar-refractivity contribution < 1.29 is 5.11 Å². The molecule has 0 fully saturated rings. The van der Waals surface area contributed by atoms with Crippen LogP contribution in [-0.4, -0.2) is 14.7 Å². The number of aryl methyl sites for hydroxylation is 1. The average molecular weight is 244 g/mol. The van der Waals surface area contributed by atoms with Crippen LogP contribution in [0.5, 0.6) is 0 Å². The molecule has 2 aromatic heterocycles. The largest absolute Gasteiger partial charge is 0.380 e. The number of aliphatic hydroxyl groups excluding tert-OH is 1. The fourth-order valence-electron chi connectivity index (χ4n) is 1.99. The van der Waals surface area contributed by atoms with Crippen LogP contribution in [0.1, 0.15) is 17.5 Å². The number of hydrogen-bond donors (Lipinski definition) is 1. The summed E-state index contributed by atoms with van der Waals surface area (Å²) < 4.78 is 3.03. The fraction of sp³-hybridized carbons (Fsp3) is 0.154. The molecule has 0 bridgehead atoms. The third-order valence-electron chi connectivity index (χ3n) is 2.91. The molecule has 0 aliphatic heterocycles. The Balaban J connectivity index is 2.13. The summed E-state index contributed by atoms with van der Waals surface area (Å²) in [4.78, 5) is 4.20. The van der Waals surface area contributed by atoms with E-state index in [2.05, 4.69) is 11.1 Å². The Morgan fingerprint density at radius 3 is 2.94 bits per heavy atom. The Bertz CT molecular complexity index is 656. The Kier molecular flexibility index (Phi) is 2.46. The zero-order valence-corrected chi connectivity index (χ0v) is 10.2. The average Bonchev–Trinajstić information content (AvgIpc) is 2.94. The van der Waals surface area contributed by atoms with Crippen LogP contribution in [-0.2, 0) is 7.05 Å². The number of aliphatic hydroxyl groups is 1. The lowest BCUT2D eigenvalue weighted by Crippen LogP contribution is -2.06. The molecule has 2 heterocycles. The molecule has 0 amide bonds. The van der Waals surface area contributed by atoms with Crippen LogP contribution in [0.25, 0.3) is 10.1 Å². The minimum Gasteiger partial charge on any atom is -0.380 e. The van der Waals surface area contributed by atoms with Crippen molar-refractivity contribution in [2.45, 2.75) is 6.10 Å². The molecule has 1 atom stereocenters. The predicted molar refractivity (Wildman–Crippen MR) is 69.1 cm³/mol. The van der Waals surface area contributed by atoms with Gasteiger partial charge >= 0.3 is 0 Å². The van der Waals surface area contributed by atoms with E-state index in [0.29, 0.717) is 5.82 Å². The molecule has 1 aromatic carbocycles. The Morgan fingerprint density at radius 2 is 2.18 bits per heavy atom. The Labute approximate surface area is 103 Å². The van der Waals surface area contributed by atoms with Gasteiger partial charge in [0.25, 0.3) is 0 Å². The van der Waals surface area contributed by atoms with Crippen LogP contribution in [0.4, 0.5) is 0 Å². The maximum absolute atomic E-state index is 10.4. The van der Waals surface area contributed by atoms with E-state index < -0.39 is 6.10 Å². The maximum atomic E-state index is 10.4. The number of fused-ring (bicyclic) bond motifs is 1. The van der Waals surface area contributed by atoms with Crippen LogP contribution in [0.3, 0.4) is 0 Å². The Morgan fingerprint density at radius 1 is 1.35 bits per heavy atom. The second-order valence-corrected chi connectivity index (χ2v) is 4.90. The summed E-state index contributed by atoms with van der Waals surface area (Å²) in [6.07, 6.45) is 2.88. The van der Waals surface area contributed by atoms with Crippen molar-refractivity contribution >= 4 is 21.4 Å². The molecule has 4 heteroatoms. The highest BCUT2D eigenvalue weighted by Crippen LogP contribution is 2.32. The van der Waals surface area contributed by atoms with Crippen molar-refractivity contribution in [1.82, 2.24) is 9.55 Å². The number of imidazole rings is 1. The number of aromatic nitrogens is 2. The highest BCUT2D eigenvalue weighted by atomic mass is 32.1. The summed E-state index contributed by atoms with van der Waals surface area (Å²) in [5.74, 6) is 0.675. The molecule has 1 N–H and O–H groups in total. The minimum absolute atomic E-state index is 0.661. The van der Waals surface area contributed by atoms with Gasteiger partial charge in [-0.1, -0.05) is 18.2 Å². The molecule has 1 unspecified atom stereocenters. The number of rotatable bonds is 2. The summed E-state index contributed by atoms with van der Waals surface area (Å²) in [6.45, 7) is 0. The van der Waals surface area contributed by atoms with E-state index in [4.69, 9.17) is 0 Å². The van der Waals surface area contributed by atoms with Gasteiger partial charge in [0.05, 0.1) is 0 Å². The van der Waals surface area contributed by atoms with Crippen molar-refractivity contribution in [2.75, 3.05) is 0 Å². The quantitative estimate of drug-likeness (QED) is 0.752. The monoisotopic (exact) mass is 244 g/mol. The van der Waals surface area contributed by atoms with Crippen LogP contribution in [0, 0.1) is 0 Å². The minimum atomic E-state index is -0.661. The molecule has 0 radical (unpaired) electrons. The van der Waals surface area contributed by atoms with E-state index >= 15 is 0 Å². The highest BCUT2D eigenvalue weighted by Gasteiger charge is 2.18. The smallest absolute Gasteiger partial charge is 0.142 e. The van der Waals surface area contributed by atoms with E-state index in [0.717, 1.165) is 10.9 Å². The standard InChI is InChI=1S/C13H12N2OS/c1-15-7-6-14-13(15)12(16)10-8-17-11-5-3-2-4-9(10)11/h2-8,12,16H,1H3. The molecule has 0 spiro atoms. The third-order valence-corrected chi connectivity index (χ3v) is 3.89. The molecule has 3 aromatic rings. The van der Waals surface area contributed by atoms with E-state index in [1.165, 1.54) is 4.70 Å². The normalized spacial score (nSPS) is 13.1. The van der Waals surface area contributed by atoms with Gasteiger partial charge in [0.1, 0.15) is 11.9 Å². The van der Waals surface area contributed by atoms with E-state index in [9.17, 15) is 5.11 Å². The highest BCUT2D eigenvalue weighted by molar-refractivity contribution is 7.17. The summed E-state index contributed by atoms with van der Waals surface area (Å²) in [7, 11) is 1.89. The predicted octanol–water partition coefficient (Wildman–Crippen LogP) is 2.72.